The van der Waals surface area contributed by atoms with E-state index in [0.29, 0.717) is 5.78 Å². The number of hydrogen-bond donors (Lipinski definition) is 0. The van der Waals surface area contributed by atoms with Crippen LogP contribution in [0.3, 0.4) is 0 Å². The molecule has 0 bridgehead atoms. The molecule has 1 fully saturated rings. The van der Waals surface area contributed by atoms with Crippen molar-refractivity contribution in [2.24, 2.45) is 0 Å². The third-order valence-electron chi connectivity index (χ3n) is 5.60. The lowest BCUT2D eigenvalue weighted by Crippen LogP contribution is -2.48. The summed E-state index contributed by atoms with van der Waals surface area (Å²) in [6, 6.07) is 24.0. The molecule has 6 nitrogen and oxygen atoms in total. The van der Waals surface area contributed by atoms with Crippen molar-refractivity contribution in [3.63, 3.8) is 0 Å². The van der Waals surface area contributed by atoms with Crippen molar-refractivity contribution in [1.29, 1.82) is 0 Å². The Labute approximate surface area is 170 Å². The third kappa shape index (κ3) is 3.47. The first kappa shape index (κ1) is 17.8. The van der Waals surface area contributed by atoms with Crippen LogP contribution in [0, 0.1) is 6.92 Å². The second-order valence-corrected chi connectivity index (χ2v) is 7.47. The molecule has 3 heterocycles. The summed E-state index contributed by atoms with van der Waals surface area (Å²) in [7, 11) is 0. The van der Waals surface area contributed by atoms with Crippen LogP contribution < -0.4 is 4.90 Å². The molecule has 6 heteroatoms. The Morgan fingerprint density at radius 2 is 1.45 bits per heavy atom. The van der Waals surface area contributed by atoms with Crippen molar-refractivity contribution >= 4 is 11.6 Å². The van der Waals surface area contributed by atoms with Crippen molar-refractivity contribution in [2.75, 3.05) is 31.1 Å². The number of piperazine rings is 1. The number of benzene rings is 2. The van der Waals surface area contributed by atoms with E-state index in [1.54, 1.807) is 6.33 Å². The highest BCUT2D eigenvalue weighted by Gasteiger charge is 2.27. The lowest BCUT2D eigenvalue weighted by atomic mass is 9.96. The van der Waals surface area contributed by atoms with E-state index in [2.05, 4.69) is 91.6 Å². The third-order valence-corrected chi connectivity index (χ3v) is 5.60. The predicted molar refractivity (Wildman–Crippen MR) is 114 cm³/mol. The molecule has 0 N–H and O–H groups in total. The number of nitrogens with zero attached hydrogens (tertiary/aromatic N) is 6. The van der Waals surface area contributed by atoms with Crippen LogP contribution in [0.25, 0.3) is 5.78 Å². The van der Waals surface area contributed by atoms with Gasteiger partial charge in [-0.3, -0.25) is 4.90 Å². The average Bonchev–Trinajstić information content (AvgIpc) is 3.24. The first-order valence-corrected chi connectivity index (χ1v) is 10.1. The van der Waals surface area contributed by atoms with Gasteiger partial charge in [0, 0.05) is 37.9 Å². The Morgan fingerprint density at radius 3 is 2.07 bits per heavy atom. The van der Waals surface area contributed by atoms with Crippen molar-refractivity contribution in [3.8, 4) is 0 Å². The zero-order chi connectivity index (χ0) is 19.6. The number of aryl methyl sites for hydroxylation is 1. The molecule has 1 aliphatic heterocycles. The lowest BCUT2D eigenvalue weighted by molar-refractivity contribution is 0.211. The van der Waals surface area contributed by atoms with Crippen LogP contribution in [0.1, 0.15) is 22.9 Å². The Morgan fingerprint density at radius 1 is 0.828 bits per heavy atom. The van der Waals surface area contributed by atoms with E-state index >= 15 is 0 Å². The van der Waals surface area contributed by atoms with E-state index in [9.17, 15) is 0 Å². The maximum atomic E-state index is 4.47. The number of rotatable bonds is 4. The molecule has 1 saturated heterocycles. The Balaban J connectivity index is 1.41. The molecule has 5 rings (SSSR count). The fraction of sp³-hybridized carbons (Fsp3) is 0.261. The van der Waals surface area contributed by atoms with Crippen LogP contribution in [0.2, 0.25) is 0 Å². The van der Waals surface area contributed by atoms with E-state index in [-0.39, 0.29) is 6.04 Å². The highest BCUT2D eigenvalue weighted by molar-refractivity contribution is 5.47. The standard InChI is InChI=1S/C23H24N6/c1-18-16-21(29-23(26-18)24-17-25-29)27-12-14-28(15-13-27)22(19-8-4-2-5-9-19)20-10-6-3-7-11-20/h2-11,16-17,22H,12-15H2,1H3. The second-order valence-electron chi connectivity index (χ2n) is 7.47. The maximum Gasteiger partial charge on any atom is 0.254 e. The normalized spacial score (nSPS) is 15.3. The minimum Gasteiger partial charge on any atom is -0.354 e. The van der Waals surface area contributed by atoms with E-state index in [0.717, 1.165) is 37.7 Å². The van der Waals surface area contributed by atoms with Gasteiger partial charge in [-0.15, -0.1) is 0 Å². The summed E-state index contributed by atoms with van der Waals surface area (Å²) < 4.78 is 1.84. The van der Waals surface area contributed by atoms with Gasteiger partial charge in [-0.2, -0.15) is 14.6 Å². The molecule has 1 aliphatic rings. The van der Waals surface area contributed by atoms with E-state index < -0.39 is 0 Å². The molecule has 0 saturated carbocycles. The zero-order valence-corrected chi connectivity index (χ0v) is 16.5. The van der Waals surface area contributed by atoms with Gasteiger partial charge >= 0.3 is 0 Å². The average molecular weight is 384 g/mol. The minimum absolute atomic E-state index is 0.269. The molecule has 0 radical (unpaired) electrons. The van der Waals surface area contributed by atoms with Crippen LogP contribution >= 0.6 is 0 Å². The first-order chi connectivity index (χ1) is 14.3. The van der Waals surface area contributed by atoms with Gasteiger partial charge in [0.2, 0.25) is 0 Å². The lowest BCUT2D eigenvalue weighted by Gasteiger charge is -2.40. The molecule has 0 atom stereocenters. The number of aromatic nitrogens is 4. The first-order valence-electron chi connectivity index (χ1n) is 10.1. The Kier molecular flexibility index (Phi) is 4.69. The van der Waals surface area contributed by atoms with E-state index in [1.165, 1.54) is 11.1 Å². The van der Waals surface area contributed by atoms with Gasteiger partial charge in [-0.1, -0.05) is 60.7 Å². The summed E-state index contributed by atoms with van der Waals surface area (Å²) in [4.78, 5) is 13.7. The number of anilines is 1. The molecule has 0 unspecified atom stereocenters. The van der Waals surface area contributed by atoms with Gasteiger partial charge in [-0.05, 0) is 18.1 Å². The molecule has 2 aromatic heterocycles. The summed E-state index contributed by atoms with van der Waals surface area (Å²) in [6.45, 7) is 5.84. The Hall–Kier alpha value is -3.25. The molecule has 0 spiro atoms. The van der Waals surface area contributed by atoms with E-state index in [1.807, 2.05) is 11.4 Å². The summed E-state index contributed by atoms with van der Waals surface area (Å²) in [6.07, 6.45) is 1.57. The SMILES string of the molecule is Cc1cc(N2CCN(C(c3ccccc3)c3ccccc3)CC2)n2ncnc2n1. The van der Waals surface area contributed by atoms with Crippen LogP contribution in [-0.2, 0) is 0 Å². The van der Waals surface area contributed by atoms with Gasteiger partial charge < -0.3 is 4.90 Å². The molecule has 29 heavy (non-hydrogen) atoms. The number of fused-ring (bicyclic) bond motifs is 1. The molecule has 146 valence electrons. The molecule has 0 amide bonds. The maximum absolute atomic E-state index is 4.47. The van der Waals surface area contributed by atoms with Crippen molar-refractivity contribution in [1.82, 2.24) is 24.5 Å². The minimum atomic E-state index is 0.269. The molecule has 4 aromatic rings. The highest BCUT2D eigenvalue weighted by Crippen LogP contribution is 2.30. The van der Waals surface area contributed by atoms with Crippen molar-refractivity contribution in [2.45, 2.75) is 13.0 Å². The fourth-order valence-corrected chi connectivity index (χ4v) is 4.23. The summed E-state index contributed by atoms with van der Waals surface area (Å²) >= 11 is 0. The highest BCUT2D eigenvalue weighted by atomic mass is 15.4. The Bertz CT molecular complexity index is 1040. The summed E-state index contributed by atoms with van der Waals surface area (Å²) in [5, 5.41) is 4.37. The topological polar surface area (TPSA) is 49.6 Å². The van der Waals surface area contributed by atoms with Crippen LogP contribution in [0.15, 0.2) is 73.1 Å². The largest absolute Gasteiger partial charge is 0.354 e. The molecular formula is C23H24N6. The molecule has 0 aliphatic carbocycles. The predicted octanol–water partition coefficient (Wildman–Crippen LogP) is 3.34. The zero-order valence-electron chi connectivity index (χ0n) is 16.5. The smallest absolute Gasteiger partial charge is 0.254 e. The van der Waals surface area contributed by atoms with Crippen LogP contribution in [0.4, 0.5) is 5.82 Å². The summed E-state index contributed by atoms with van der Waals surface area (Å²) in [5.74, 6) is 1.73. The van der Waals surface area contributed by atoms with Gasteiger partial charge in [0.1, 0.15) is 12.1 Å². The van der Waals surface area contributed by atoms with Gasteiger partial charge in [0.25, 0.3) is 5.78 Å². The second kappa shape index (κ2) is 7.64. The summed E-state index contributed by atoms with van der Waals surface area (Å²) in [5.41, 5.74) is 3.64. The van der Waals surface area contributed by atoms with Crippen LogP contribution in [0.5, 0.6) is 0 Å². The van der Waals surface area contributed by atoms with Crippen molar-refractivity contribution in [3.05, 3.63) is 89.9 Å². The van der Waals surface area contributed by atoms with Crippen LogP contribution in [-0.4, -0.2) is 50.7 Å². The number of hydrogen-bond acceptors (Lipinski definition) is 5. The van der Waals surface area contributed by atoms with Gasteiger partial charge in [-0.25, -0.2) is 4.98 Å². The fourth-order valence-electron chi connectivity index (χ4n) is 4.23. The van der Waals surface area contributed by atoms with E-state index in [4.69, 9.17) is 0 Å². The molecule has 2 aromatic carbocycles. The van der Waals surface area contributed by atoms with Crippen molar-refractivity contribution < 1.29 is 0 Å². The van der Waals surface area contributed by atoms with Gasteiger partial charge in [0.15, 0.2) is 0 Å². The van der Waals surface area contributed by atoms with Gasteiger partial charge in [0.05, 0.1) is 6.04 Å². The quantitative estimate of drug-likeness (QED) is 0.540. The molecular weight excluding hydrogens is 360 g/mol. The monoisotopic (exact) mass is 384 g/mol.